The number of alkyl halides is 3. The lowest BCUT2D eigenvalue weighted by Gasteiger charge is -2.22. The molecule has 1 amide bonds. The van der Waals surface area contributed by atoms with Crippen LogP contribution in [0, 0.1) is 17.1 Å². The molecule has 0 aliphatic rings. The zero-order chi connectivity index (χ0) is 18.8. The van der Waals surface area contributed by atoms with Gasteiger partial charge in [-0.05, 0) is 25.1 Å². The van der Waals surface area contributed by atoms with Crippen LogP contribution in [0.2, 0.25) is 0 Å². The number of anilines is 1. The number of nitrogens with one attached hydrogen (secondary N) is 1. The molecule has 2 N–H and O–H groups in total. The molecular formula is C15H13ClF4N4O2. The number of hydrogen-bond acceptors (Lipinski definition) is 4. The highest BCUT2D eigenvalue weighted by molar-refractivity contribution is 5.96. The topological polar surface area (TPSA) is 90.9 Å². The summed E-state index contributed by atoms with van der Waals surface area (Å²) in [5, 5.41) is 24.6. The van der Waals surface area contributed by atoms with E-state index in [2.05, 4.69) is 10.4 Å². The molecule has 1 heterocycles. The molecule has 2 rings (SSSR count). The van der Waals surface area contributed by atoms with Gasteiger partial charge in [0.1, 0.15) is 0 Å². The predicted octanol–water partition coefficient (Wildman–Crippen LogP) is 2.72. The molecule has 0 aliphatic carbocycles. The maximum absolute atomic E-state index is 12.9. The Balaban J connectivity index is 0.00000338. The highest BCUT2D eigenvalue weighted by Gasteiger charge is 2.35. The molecule has 6 nitrogen and oxygen atoms in total. The number of carbonyl (C=O) groups is 1. The maximum atomic E-state index is 12.9. The van der Waals surface area contributed by atoms with Crippen molar-refractivity contribution in [1.82, 2.24) is 9.78 Å². The van der Waals surface area contributed by atoms with Gasteiger partial charge >= 0.3 is 6.18 Å². The number of rotatable bonds is 4. The van der Waals surface area contributed by atoms with Gasteiger partial charge in [0.25, 0.3) is 5.91 Å². The van der Waals surface area contributed by atoms with Gasteiger partial charge < -0.3 is 10.4 Å². The molecule has 0 saturated heterocycles. The Morgan fingerprint density at radius 3 is 2.58 bits per heavy atom. The SMILES string of the molecule is C[C@](O)(Cn1cc(F)cn1)C(=O)Nc1ccc(C#N)c(C(F)(F)F)c1.Cl. The normalized spacial score (nSPS) is 13.3. The first-order valence-electron chi connectivity index (χ1n) is 6.86. The van der Waals surface area contributed by atoms with Crippen molar-refractivity contribution in [3.63, 3.8) is 0 Å². The molecule has 0 bridgehead atoms. The zero-order valence-corrected chi connectivity index (χ0v) is 14.0. The van der Waals surface area contributed by atoms with Crippen LogP contribution in [0.5, 0.6) is 0 Å². The standard InChI is InChI=1S/C15H12F4N4O2.ClH/c1-14(25,8-23-7-10(16)6-21-23)13(24)22-11-3-2-9(5-20)12(4-11)15(17,18)19;/h2-4,6-7,25H,8H2,1H3,(H,22,24);1H/t14-;/m0./s1. The van der Waals surface area contributed by atoms with Gasteiger partial charge in [0.05, 0.1) is 36.1 Å². The molecule has 0 aliphatic heterocycles. The van der Waals surface area contributed by atoms with Gasteiger partial charge in [0.15, 0.2) is 11.4 Å². The smallest absolute Gasteiger partial charge is 0.378 e. The molecule has 0 spiro atoms. The number of benzene rings is 1. The molecule has 1 atom stereocenters. The van der Waals surface area contributed by atoms with E-state index in [0.717, 1.165) is 36.1 Å². The minimum absolute atomic E-state index is 0. The van der Waals surface area contributed by atoms with Crippen LogP contribution in [0.1, 0.15) is 18.1 Å². The van der Waals surface area contributed by atoms with Crippen LogP contribution in [0.25, 0.3) is 0 Å². The molecule has 1 aromatic heterocycles. The quantitative estimate of drug-likeness (QED) is 0.783. The third-order valence-electron chi connectivity index (χ3n) is 3.26. The highest BCUT2D eigenvalue weighted by atomic mass is 35.5. The Kier molecular flexibility index (Phi) is 6.35. The lowest BCUT2D eigenvalue weighted by Crippen LogP contribution is -2.43. The molecule has 26 heavy (non-hydrogen) atoms. The van der Waals surface area contributed by atoms with Gasteiger partial charge in [-0.25, -0.2) is 4.39 Å². The van der Waals surface area contributed by atoms with E-state index in [1.807, 2.05) is 0 Å². The van der Waals surface area contributed by atoms with E-state index in [1.165, 1.54) is 6.07 Å². The first-order valence-corrected chi connectivity index (χ1v) is 6.86. The Bertz CT molecular complexity index is 843. The number of aromatic nitrogens is 2. The number of nitrogens with zero attached hydrogens (tertiary/aromatic N) is 3. The monoisotopic (exact) mass is 392 g/mol. The Hall–Kier alpha value is -2.64. The van der Waals surface area contributed by atoms with Crippen LogP contribution in [0.4, 0.5) is 23.2 Å². The van der Waals surface area contributed by atoms with Gasteiger partial charge in [-0.2, -0.15) is 23.5 Å². The molecule has 0 saturated carbocycles. The number of amides is 1. The fourth-order valence-corrected chi connectivity index (χ4v) is 2.03. The largest absolute Gasteiger partial charge is 0.417 e. The van der Waals surface area contributed by atoms with Crippen molar-refractivity contribution >= 4 is 24.0 Å². The summed E-state index contributed by atoms with van der Waals surface area (Å²) in [6, 6.07) is 4.04. The summed E-state index contributed by atoms with van der Waals surface area (Å²) in [5.41, 5.74) is -4.11. The number of nitriles is 1. The van der Waals surface area contributed by atoms with Crippen molar-refractivity contribution in [2.24, 2.45) is 0 Å². The summed E-state index contributed by atoms with van der Waals surface area (Å²) in [6.07, 6.45) is -2.95. The first kappa shape index (κ1) is 21.4. The predicted molar refractivity (Wildman–Crippen MR) is 84.8 cm³/mol. The van der Waals surface area contributed by atoms with Crippen molar-refractivity contribution in [2.45, 2.75) is 25.2 Å². The van der Waals surface area contributed by atoms with Crippen LogP contribution in [0.15, 0.2) is 30.6 Å². The van der Waals surface area contributed by atoms with E-state index < -0.39 is 41.2 Å². The fraction of sp³-hybridized carbons (Fsp3) is 0.267. The van der Waals surface area contributed by atoms with E-state index in [9.17, 15) is 27.5 Å². The second kappa shape index (κ2) is 7.72. The minimum atomic E-state index is -4.78. The average Bonchev–Trinajstić information content (AvgIpc) is 2.90. The second-order valence-corrected chi connectivity index (χ2v) is 5.45. The van der Waals surface area contributed by atoms with E-state index in [4.69, 9.17) is 5.26 Å². The van der Waals surface area contributed by atoms with Crippen LogP contribution >= 0.6 is 12.4 Å². The fourth-order valence-electron chi connectivity index (χ4n) is 2.03. The van der Waals surface area contributed by atoms with E-state index in [0.29, 0.717) is 6.07 Å². The van der Waals surface area contributed by atoms with E-state index in [1.54, 1.807) is 0 Å². The number of carbonyl (C=O) groups excluding carboxylic acids is 1. The summed E-state index contributed by atoms with van der Waals surface area (Å²) in [7, 11) is 0. The van der Waals surface area contributed by atoms with Crippen LogP contribution in [-0.4, -0.2) is 26.4 Å². The number of hydrogen-bond donors (Lipinski definition) is 2. The van der Waals surface area contributed by atoms with Crippen molar-refractivity contribution in [3.05, 3.63) is 47.5 Å². The first-order chi connectivity index (χ1) is 11.5. The highest BCUT2D eigenvalue weighted by Crippen LogP contribution is 2.33. The zero-order valence-electron chi connectivity index (χ0n) is 13.2. The third kappa shape index (κ3) is 4.93. The second-order valence-electron chi connectivity index (χ2n) is 5.45. The van der Waals surface area contributed by atoms with Crippen LogP contribution in [-0.2, 0) is 17.5 Å². The van der Waals surface area contributed by atoms with Crippen LogP contribution < -0.4 is 5.32 Å². The molecule has 11 heteroatoms. The van der Waals surface area contributed by atoms with Crippen molar-refractivity contribution < 1.29 is 27.5 Å². The Morgan fingerprint density at radius 1 is 1.42 bits per heavy atom. The van der Waals surface area contributed by atoms with Crippen molar-refractivity contribution in [2.75, 3.05) is 5.32 Å². The molecular weight excluding hydrogens is 380 g/mol. The lowest BCUT2D eigenvalue weighted by molar-refractivity contribution is -0.138. The molecule has 2 aromatic rings. The summed E-state index contributed by atoms with van der Waals surface area (Å²) in [5.74, 6) is -1.68. The maximum Gasteiger partial charge on any atom is 0.417 e. The average molecular weight is 393 g/mol. The molecule has 0 radical (unpaired) electrons. The van der Waals surface area contributed by atoms with Gasteiger partial charge in [-0.15, -0.1) is 12.4 Å². The van der Waals surface area contributed by atoms with Crippen molar-refractivity contribution in [1.29, 1.82) is 5.26 Å². The third-order valence-corrected chi connectivity index (χ3v) is 3.26. The molecule has 1 aromatic carbocycles. The van der Waals surface area contributed by atoms with Crippen LogP contribution in [0.3, 0.4) is 0 Å². The van der Waals surface area contributed by atoms with Gasteiger partial charge in [-0.3, -0.25) is 9.48 Å². The summed E-state index contributed by atoms with van der Waals surface area (Å²) in [4.78, 5) is 12.1. The lowest BCUT2D eigenvalue weighted by atomic mass is 10.0. The number of halogens is 5. The van der Waals surface area contributed by atoms with Gasteiger partial charge in [-0.1, -0.05) is 0 Å². The van der Waals surface area contributed by atoms with Gasteiger partial charge in [0.2, 0.25) is 0 Å². The summed E-state index contributed by atoms with van der Waals surface area (Å²) in [6.45, 7) is 0.696. The molecule has 140 valence electrons. The minimum Gasteiger partial charge on any atom is -0.378 e. The molecule has 0 fully saturated rings. The summed E-state index contributed by atoms with van der Waals surface area (Å²) >= 11 is 0. The Labute approximate surface area is 151 Å². The van der Waals surface area contributed by atoms with E-state index >= 15 is 0 Å². The van der Waals surface area contributed by atoms with E-state index in [-0.39, 0.29) is 18.1 Å². The summed E-state index contributed by atoms with van der Waals surface area (Å²) < 4.78 is 52.6. The van der Waals surface area contributed by atoms with Crippen molar-refractivity contribution in [3.8, 4) is 6.07 Å². The molecule has 0 unspecified atom stereocenters. The number of aliphatic hydroxyl groups is 1. The Morgan fingerprint density at radius 2 is 2.08 bits per heavy atom. The van der Waals surface area contributed by atoms with Gasteiger partial charge in [0, 0.05) is 5.69 Å².